The zero-order chi connectivity index (χ0) is 47.0. The molecule has 0 spiro atoms. The van der Waals surface area contributed by atoms with Crippen LogP contribution in [-0.2, 0) is 10.0 Å². The fraction of sp³-hybridized carbons (Fsp3) is 0.122. The molecule has 2 aliphatic heterocycles. The minimum Gasteiger partial charge on any atom is -0.497 e. The Morgan fingerprint density at radius 1 is 0.682 bits per heavy atom. The molecule has 0 saturated carbocycles. The molecule has 9 rings (SSSR count). The maximum atomic E-state index is 12.5. The Morgan fingerprint density at radius 2 is 1.24 bits per heavy atom. The summed E-state index contributed by atoms with van der Waals surface area (Å²) in [5.41, 5.74) is 8.76. The van der Waals surface area contributed by atoms with Crippen molar-refractivity contribution in [3.8, 4) is 11.5 Å². The molecule has 7 aromatic rings. The molecule has 0 saturated heterocycles. The van der Waals surface area contributed by atoms with Gasteiger partial charge in [0.05, 0.1) is 40.5 Å². The van der Waals surface area contributed by atoms with Crippen molar-refractivity contribution < 1.29 is 41.1 Å². The van der Waals surface area contributed by atoms with Crippen LogP contribution in [0.25, 0.3) is 0 Å². The van der Waals surface area contributed by atoms with Gasteiger partial charge in [-0.2, -0.15) is 18.4 Å². The summed E-state index contributed by atoms with van der Waals surface area (Å²) in [4.78, 5) is 7.11. The Balaban J connectivity index is 0.000000161. The highest BCUT2D eigenvalue weighted by Crippen LogP contribution is 2.46. The minimum absolute atomic E-state index is 0.0731. The number of nitrogens with one attached hydrogen (secondary N) is 3. The Labute approximate surface area is 390 Å². The van der Waals surface area contributed by atoms with Crippen LogP contribution in [0.4, 0.5) is 35.9 Å². The Kier molecular flexibility index (Phi) is 15.0. The summed E-state index contributed by atoms with van der Waals surface area (Å²) >= 11 is 3.41. The molecule has 10 nitrogen and oxygen atoms in total. The monoisotopic (exact) mass is 948 g/mol. The van der Waals surface area contributed by atoms with Gasteiger partial charge in [-0.15, -0.1) is 13.2 Å². The van der Waals surface area contributed by atoms with Crippen LogP contribution in [0.1, 0.15) is 42.0 Å². The lowest BCUT2D eigenvalue weighted by atomic mass is 9.80. The molecule has 0 bridgehead atoms. The summed E-state index contributed by atoms with van der Waals surface area (Å²) in [5, 5.41) is 28.4. The van der Waals surface area contributed by atoms with Gasteiger partial charge in [0.25, 0.3) is 10.0 Å². The van der Waals surface area contributed by atoms with E-state index in [1.807, 2.05) is 86.6 Å². The van der Waals surface area contributed by atoms with Crippen LogP contribution in [0.15, 0.2) is 187 Å². The van der Waals surface area contributed by atoms with E-state index in [0.29, 0.717) is 16.9 Å². The molecule has 0 fully saturated rings. The van der Waals surface area contributed by atoms with E-state index in [9.17, 15) is 21.6 Å². The maximum absolute atomic E-state index is 12.5. The predicted octanol–water partition coefficient (Wildman–Crippen LogP) is 11.2. The van der Waals surface area contributed by atoms with E-state index in [4.69, 9.17) is 14.8 Å². The van der Waals surface area contributed by atoms with Crippen LogP contribution >= 0.6 is 23.5 Å². The predicted molar refractivity (Wildman–Crippen MR) is 258 cm³/mol. The lowest BCUT2D eigenvalue weighted by Crippen LogP contribution is -2.29. The zero-order valence-electron chi connectivity index (χ0n) is 36.0. The van der Waals surface area contributed by atoms with Crippen molar-refractivity contribution in [1.82, 2.24) is 4.83 Å². The summed E-state index contributed by atoms with van der Waals surface area (Å²) in [7, 11) is -3.59. The van der Waals surface area contributed by atoms with E-state index in [-0.39, 0.29) is 16.6 Å². The highest BCUT2D eigenvalue weighted by molar-refractivity contribution is 8.00. The van der Waals surface area contributed by atoms with Gasteiger partial charge in [-0.3, -0.25) is 0 Å². The number of para-hydroxylation sites is 2. The maximum Gasteiger partial charge on any atom is 0.573 e. The van der Waals surface area contributed by atoms with Gasteiger partial charge in [0, 0.05) is 25.5 Å². The largest absolute Gasteiger partial charge is 0.573 e. The van der Waals surface area contributed by atoms with Crippen molar-refractivity contribution in [2.45, 2.75) is 57.5 Å². The summed E-state index contributed by atoms with van der Waals surface area (Å²) in [6, 6.07) is 47.7. The second kappa shape index (κ2) is 20.9. The van der Waals surface area contributed by atoms with E-state index < -0.39 is 23.5 Å². The number of benzene rings is 7. The zero-order valence-corrected chi connectivity index (χ0v) is 38.4. The number of sulfonamides is 1. The molecule has 2 aliphatic rings. The average molecular weight is 949 g/mol. The van der Waals surface area contributed by atoms with E-state index in [0.717, 1.165) is 54.8 Å². The molecular formula is C49H44BF3N4O6S3. The summed E-state index contributed by atoms with van der Waals surface area (Å²) < 4.78 is 71.2. The lowest BCUT2D eigenvalue weighted by Gasteiger charge is -2.23. The smallest absolute Gasteiger partial charge is 0.497 e. The molecule has 338 valence electrons. The van der Waals surface area contributed by atoms with Gasteiger partial charge in [-0.05, 0) is 121 Å². The summed E-state index contributed by atoms with van der Waals surface area (Å²) in [5.74, 6) is 0.346. The van der Waals surface area contributed by atoms with Crippen molar-refractivity contribution in [2.24, 2.45) is 5.10 Å². The molecule has 1 atom stereocenters. The van der Waals surface area contributed by atoms with Crippen molar-refractivity contribution in [3.63, 3.8) is 0 Å². The molecule has 0 radical (unpaired) electrons. The van der Waals surface area contributed by atoms with E-state index in [1.165, 1.54) is 29.0 Å². The minimum atomic E-state index is -4.69. The number of hydrogen-bond acceptors (Lipinski definition) is 11. The Morgan fingerprint density at radius 3 is 1.86 bits per heavy atom. The van der Waals surface area contributed by atoms with E-state index in [2.05, 4.69) is 43.5 Å². The van der Waals surface area contributed by atoms with Crippen molar-refractivity contribution in [1.29, 1.82) is 0 Å². The number of halogens is 3. The first-order valence-electron chi connectivity index (χ1n) is 20.4. The number of hydrazone groups is 1. The molecule has 1 unspecified atom stereocenters. The van der Waals surface area contributed by atoms with Gasteiger partial charge in [0.15, 0.2) is 0 Å². The molecule has 5 N–H and O–H groups in total. The second-order valence-corrected chi connectivity index (χ2v) is 18.8. The molecule has 2 heterocycles. The number of fused-ring (bicyclic) bond motifs is 4. The molecular weight excluding hydrogens is 905 g/mol. The Hall–Kier alpha value is -6.37. The quantitative estimate of drug-likeness (QED) is 0.0539. The highest BCUT2D eigenvalue weighted by Gasteiger charge is 2.31. The second-order valence-electron chi connectivity index (χ2n) is 15.0. The number of methoxy groups -OCH3 is 1. The number of alkyl halides is 3. The van der Waals surface area contributed by atoms with Gasteiger partial charge in [0.1, 0.15) is 11.5 Å². The third-order valence-corrected chi connectivity index (χ3v) is 13.8. The van der Waals surface area contributed by atoms with Crippen LogP contribution in [0.3, 0.4) is 0 Å². The van der Waals surface area contributed by atoms with Gasteiger partial charge in [-0.25, -0.2) is 0 Å². The van der Waals surface area contributed by atoms with E-state index >= 15 is 0 Å². The van der Waals surface area contributed by atoms with Crippen LogP contribution < -0.4 is 30.4 Å². The number of aryl methyl sites for hydroxylation is 1. The number of rotatable bonds is 9. The Bertz CT molecular complexity index is 2980. The molecule has 0 amide bonds. The molecule has 0 aromatic heterocycles. The molecule has 7 aromatic carbocycles. The van der Waals surface area contributed by atoms with E-state index in [1.54, 1.807) is 85.0 Å². The third kappa shape index (κ3) is 12.3. The number of ether oxygens (including phenoxy) is 2. The average Bonchev–Trinajstić information content (AvgIpc) is 3.31. The van der Waals surface area contributed by atoms with Crippen molar-refractivity contribution in [2.75, 3.05) is 17.7 Å². The van der Waals surface area contributed by atoms with Gasteiger partial charge >= 0.3 is 13.5 Å². The molecule has 0 aliphatic carbocycles. The number of nitrogens with zero attached hydrogens (tertiary/aromatic N) is 1. The normalized spacial score (nSPS) is 12.9. The summed E-state index contributed by atoms with van der Waals surface area (Å²) in [6.45, 7) is 5.66. The first-order valence-corrected chi connectivity index (χ1v) is 23.5. The van der Waals surface area contributed by atoms with Crippen LogP contribution in [0.2, 0.25) is 0 Å². The van der Waals surface area contributed by atoms with Crippen LogP contribution in [0, 0.1) is 6.92 Å². The SMILES string of the molecule is C/C(=N\NS(=O)(=O)c1ccc(C)cc1)c1ccc2c(c1)Nc1ccccc1S2.CC(c1cccc(OC(F)(F)F)c1)c1ccc2c(c1)Nc1ccccc1S2.COc1cccc(B(O)O)c1. The van der Waals surface area contributed by atoms with Gasteiger partial charge < -0.3 is 30.2 Å². The van der Waals surface area contributed by atoms with Crippen LogP contribution in [0.5, 0.6) is 11.5 Å². The van der Waals surface area contributed by atoms with Crippen LogP contribution in [-0.4, -0.2) is 44.8 Å². The molecule has 17 heteroatoms. The highest BCUT2D eigenvalue weighted by atomic mass is 32.2. The fourth-order valence-electron chi connectivity index (χ4n) is 6.73. The first-order chi connectivity index (χ1) is 31.5. The summed E-state index contributed by atoms with van der Waals surface area (Å²) in [6.07, 6.45) is -4.69. The van der Waals surface area contributed by atoms with Crippen molar-refractivity contribution in [3.05, 3.63) is 180 Å². The fourth-order valence-corrected chi connectivity index (χ4v) is 9.52. The standard InChI is InChI=1S/C21H16F3NOS.C21H19N3O2S2.C7H9BO3/c1-13(14-5-4-6-16(11-14)26-21(22,23)24)15-9-10-20-18(12-15)25-17-7-2-3-8-19(17)27-20;1-14-7-10-17(11-8-14)28(25,26)24-23-15(2)16-9-12-21-19(13-16)22-18-5-3-4-6-20(18)27-21;1-11-7-4-2-3-6(5-7)8(9)10/h2-13,25H,1H3;3-13,22,24H,1-2H3;2-5,9-10H,1H3/b;23-15+;. The third-order valence-electron chi connectivity index (χ3n) is 10.3. The number of anilines is 4. The van der Waals surface area contributed by atoms with Gasteiger partial charge in [-0.1, -0.05) is 109 Å². The molecule has 66 heavy (non-hydrogen) atoms. The number of hydrogen-bond donors (Lipinski definition) is 5. The first kappa shape index (κ1) is 47.6. The van der Waals surface area contributed by atoms with Gasteiger partial charge in [0.2, 0.25) is 0 Å². The topological polar surface area (TPSA) is 142 Å². The lowest BCUT2D eigenvalue weighted by molar-refractivity contribution is -0.274. The van der Waals surface area contributed by atoms with Crippen molar-refractivity contribution >= 4 is 74.6 Å².